The molecular weight excluding hydrogens is 467 g/mol. The molecule has 0 aliphatic carbocycles. The van der Waals surface area contributed by atoms with Gasteiger partial charge in [-0.05, 0) is 76.4 Å². The van der Waals surface area contributed by atoms with Crippen molar-refractivity contribution in [3.05, 3.63) is 51.7 Å². The Labute approximate surface area is 206 Å². The summed E-state index contributed by atoms with van der Waals surface area (Å²) in [7, 11) is 0. The predicted octanol–water partition coefficient (Wildman–Crippen LogP) is 6.11. The summed E-state index contributed by atoms with van der Waals surface area (Å²) in [6.45, 7) is 8.49. The summed E-state index contributed by atoms with van der Waals surface area (Å²) in [5.41, 5.74) is 2.35. The van der Waals surface area contributed by atoms with Crippen LogP contribution in [-0.4, -0.2) is 33.5 Å². The molecule has 0 atom stereocenters. The summed E-state index contributed by atoms with van der Waals surface area (Å²) < 4.78 is 15.7. The highest BCUT2D eigenvalue weighted by atomic mass is 32.1. The monoisotopic (exact) mass is 494 g/mol. The standard InChI is InChI=1S/C25H27FN6S2/c1-4-19-23(31-14-21(34-24(31)29-19)16-9-11-28-12-10-16)32(15(2)3)25-30-22(20(13-27)33-25)17-5-7-18(26)8-6-17/h5-8,14-16,28H,4,9-12H2,1-3H3. The van der Waals surface area contributed by atoms with E-state index in [0.717, 1.165) is 59.5 Å². The largest absolute Gasteiger partial charge is 0.317 e. The topological polar surface area (TPSA) is 69.2 Å². The zero-order valence-electron chi connectivity index (χ0n) is 19.5. The molecule has 1 aliphatic heterocycles. The van der Waals surface area contributed by atoms with Gasteiger partial charge in [0, 0.05) is 22.7 Å². The number of nitrogens with one attached hydrogen (secondary N) is 1. The molecule has 0 unspecified atom stereocenters. The minimum absolute atomic E-state index is 0.103. The maximum absolute atomic E-state index is 13.5. The number of hydrogen-bond donors (Lipinski definition) is 1. The van der Waals surface area contributed by atoms with Crippen molar-refractivity contribution >= 4 is 38.6 Å². The first kappa shape index (κ1) is 23.0. The predicted molar refractivity (Wildman–Crippen MR) is 137 cm³/mol. The molecule has 4 heterocycles. The van der Waals surface area contributed by atoms with Crippen LogP contribution in [0.4, 0.5) is 15.3 Å². The number of nitriles is 1. The van der Waals surface area contributed by atoms with Crippen molar-refractivity contribution in [1.29, 1.82) is 5.26 Å². The van der Waals surface area contributed by atoms with Gasteiger partial charge in [-0.15, -0.1) is 11.3 Å². The summed E-state index contributed by atoms with van der Waals surface area (Å²) in [6, 6.07) is 8.55. The summed E-state index contributed by atoms with van der Waals surface area (Å²) in [5.74, 6) is 1.28. The van der Waals surface area contributed by atoms with Gasteiger partial charge in [0.05, 0.1) is 5.69 Å². The highest BCUT2D eigenvalue weighted by Gasteiger charge is 2.28. The zero-order chi connectivity index (χ0) is 23.8. The van der Waals surface area contributed by atoms with Gasteiger partial charge in [-0.1, -0.05) is 18.3 Å². The van der Waals surface area contributed by atoms with Crippen molar-refractivity contribution in [2.24, 2.45) is 0 Å². The summed E-state index contributed by atoms with van der Waals surface area (Å²) >= 11 is 3.15. The van der Waals surface area contributed by atoms with E-state index in [-0.39, 0.29) is 11.9 Å². The van der Waals surface area contributed by atoms with E-state index in [1.807, 2.05) is 0 Å². The van der Waals surface area contributed by atoms with Crippen LogP contribution in [0.15, 0.2) is 30.5 Å². The van der Waals surface area contributed by atoms with Gasteiger partial charge in [0.1, 0.15) is 28.3 Å². The van der Waals surface area contributed by atoms with Crippen LogP contribution in [0.1, 0.15) is 55.0 Å². The molecule has 176 valence electrons. The van der Waals surface area contributed by atoms with Crippen molar-refractivity contribution in [2.45, 2.75) is 52.0 Å². The number of imidazole rings is 1. The number of aryl methyl sites for hydroxylation is 1. The SMILES string of the molecule is CCc1nc2sc(C3CCNCC3)cn2c1N(c1nc(-c2ccc(F)cc2)c(C#N)s1)C(C)C. The zero-order valence-corrected chi connectivity index (χ0v) is 21.1. The fraction of sp³-hybridized carbons (Fsp3) is 0.400. The first-order valence-electron chi connectivity index (χ1n) is 11.7. The van der Waals surface area contributed by atoms with Gasteiger partial charge in [0.15, 0.2) is 10.1 Å². The molecule has 6 nitrogen and oxygen atoms in total. The van der Waals surface area contributed by atoms with E-state index in [1.54, 1.807) is 23.5 Å². The van der Waals surface area contributed by atoms with E-state index >= 15 is 0 Å². The fourth-order valence-electron chi connectivity index (χ4n) is 4.53. The molecule has 1 aliphatic rings. The molecule has 3 aromatic heterocycles. The number of fused-ring (bicyclic) bond motifs is 1. The van der Waals surface area contributed by atoms with Gasteiger partial charge in [0.25, 0.3) is 0 Å². The van der Waals surface area contributed by atoms with Crippen molar-refractivity contribution in [2.75, 3.05) is 18.0 Å². The number of rotatable bonds is 6. The van der Waals surface area contributed by atoms with Crippen molar-refractivity contribution in [1.82, 2.24) is 19.7 Å². The average Bonchev–Trinajstić information content (AvgIpc) is 3.54. The first-order valence-corrected chi connectivity index (χ1v) is 13.3. The van der Waals surface area contributed by atoms with Gasteiger partial charge < -0.3 is 5.32 Å². The summed E-state index contributed by atoms with van der Waals surface area (Å²) in [5, 5.41) is 14.0. The lowest BCUT2D eigenvalue weighted by Crippen LogP contribution is -2.27. The minimum Gasteiger partial charge on any atom is -0.317 e. The van der Waals surface area contributed by atoms with Crippen molar-refractivity contribution in [3.63, 3.8) is 0 Å². The normalized spacial score (nSPS) is 14.7. The number of aromatic nitrogens is 3. The second-order valence-electron chi connectivity index (χ2n) is 8.80. The van der Waals surface area contributed by atoms with Crippen LogP contribution in [0.25, 0.3) is 16.2 Å². The summed E-state index contributed by atoms with van der Waals surface area (Å²) in [6.07, 6.45) is 5.35. The average molecular weight is 495 g/mol. The van der Waals surface area contributed by atoms with Crippen LogP contribution in [0.5, 0.6) is 0 Å². The highest BCUT2D eigenvalue weighted by molar-refractivity contribution is 7.17. The third-order valence-electron chi connectivity index (χ3n) is 6.25. The lowest BCUT2D eigenvalue weighted by atomic mass is 9.97. The fourth-order valence-corrected chi connectivity index (χ4v) is 6.72. The van der Waals surface area contributed by atoms with Gasteiger partial charge in [0.2, 0.25) is 0 Å². The third-order valence-corrected chi connectivity index (χ3v) is 8.35. The highest BCUT2D eigenvalue weighted by Crippen LogP contribution is 2.41. The smallest absolute Gasteiger partial charge is 0.195 e. The van der Waals surface area contributed by atoms with E-state index in [4.69, 9.17) is 9.97 Å². The van der Waals surface area contributed by atoms with Gasteiger partial charge >= 0.3 is 0 Å². The Morgan fingerprint density at radius 1 is 1.21 bits per heavy atom. The number of hydrogen-bond acceptors (Lipinski definition) is 7. The van der Waals surface area contributed by atoms with E-state index < -0.39 is 0 Å². The van der Waals surface area contributed by atoms with Crippen LogP contribution < -0.4 is 10.2 Å². The Bertz CT molecular complexity index is 1340. The molecule has 1 N–H and O–H groups in total. The Hall–Kier alpha value is -2.80. The Morgan fingerprint density at radius 2 is 1.94 bits per heavy atom. The second kappa shape index (κ2) is 9.45. The summed E-state index contributed by atoms with van der Waals surface area (Å²) in [4.78, 5) is 15.0. The molecule has 0 bridgehead atoms. The van der Waals surface area contributed by atoms with Crippen LogP contribution in [0.3, 0.4) is 0 Å². The van der Waals surface area contributed by atoms with Crippen LogP contribution in [0.2, 0.25) is 0 Å². The number of benzene rings is 1. The van der Waals surface area contributed by atoms with E-state index in [9.17, 15) is 9.65 Å². The lowest BCUT2D eigenvalue weighted by molar-refractivity contribution is 0.464. The molecule has 0 radical (unpaired) electrons. The Kier molecular flexibility index (Phi) is 6.38. The third kappa shape index (κ3) is 4.11. The molecule has 5 rings (SSSR count). The number of nitrogens with zero attached hydrogens (tertiary/aromatic N) is 5. The van der Waals surface area contributed by atoms with Crippen LogP contribution >= 0.6 is 22.7 Å². The molecule has 1 aromatic carbocycles. The quantitative estimate of drug-likeness (QED) is 0.350. The minimum atomic E-state index is -0.308. The van der Waals surface area contributed by atoms with Crippen LogP contribution in [-0.2, 0) is 6.42 Å². The first-order chi connectivity index (χ1) is 16.5. The Balaban J connectivity index is 1.62. The van der Waals surface area contributed by atoms with Crippen molar-refractivity contribution in [3.8, 4) is 17.3 Å². The number of anilines is 2. The lowest BCUT2D eigenvalue weighted by Gasteiger charge is -2.26. The number of thiazole rings is 2. The number of piperidine rings is 1. The van der Waals surface area contributed by atoms with Gasteiger partial charge in [-0.2, -0.15) is 5.26 Å². The molecule has 9 heteroatoms. The van der Waals surface area contributed by atoms with E-state index in [0.29, 0.717) is 16.5 Å². The molecule has 1 saturated heterocycles. The van der Waals surface area contributed by atoms with Crippen molar-refractivity contribution < 1.29 is 4.39 Å². The number of halogens is 1. The van der Waals surface area contributed by atoms with Crippen LogP contribution in [0, 0.1) is 17.1 Å². The van der Waals surface area contributed by atoms with E-state index in [1.165, 1.54) is 28.3 Å². The van der Waals surface area contributed by atoms with Gasteiger partial charge in [-0.25, -0.2) is 14.4 Å². The maximum atomic E-state index is 13.5. The second-order valence-corrected chi connectivity index (χ2v) is 10.8. The maximum Gasteiger partial charge on any atom is 0.195 e. The molecule has 0 saturated carbocycles. The molecular formula is C25H27FN6S2. The molecule has 0 amide bonds. The van der Waals surface area contributed by atoms with Gasteiger partial charge in [-0.3, -0.25) is 9.30 Å². The molecule has 1 fully saturated rings. The molecule has 4 aromatic rings. The Morgan fingerprint density at radius 3 is 2.59 bits per heavy atom. The molecule has 0 spiro atoms. The van der Waals surface area contributed by atoms with E-state index in [2.05, 4.69) is 47.7 Å². The molecule has 34 heavy (non-hydrogen) atoms.